The number of benzene rings is 4. The first-order valence-electron chi connectivity index (χ1n) is 12.9. The van der Waals surface area contributed by atoms with Crippen molar-refractivity contribution in [3.63, 3.8) is 0 Å². The second-order valence-electron chi connectivity index (χ2n) is 9.26. The number of aromatic nitrogens is 3. The molecule has 6 rings (SSSR count). The van der Waals surface area contributed by atoms with Crippen molar-refractivity contribution in [2.75, 3.05) is 0 Å². The highest BCUT2D eigenvalue weighted by Crippen LogP contribution is 2.47. The van der Waals surface area contributed by atoms with Gasteiger partial charge in [-0.2, -0.15) is 0 Å². The summed E-state index contributed by atoms with van der Waals surface area (Å²) < 4.78 is 2.17. The molecule has 0 radical (unpaired) electrons. The lowest BCUT2D eigenvalue weighted by Crippen LogP contribution is -2.31. The molecule has 0 aliphatic heterocycles. The van der Waals surface area contributed by atoms with Crippen LogP contribution in [0, 0.1) is 0 Å². The molecule has 0 bridgehead atoms. The van der Waals surface area contributed by atoms with E-state index >= 15 is 0 Å². The first-order chi connectivity index (χ1) is 18.8. The van der Waals surface area contributed by atoms with Crippen LogP contribution < -0.4 is 26.7 Å². The maximum absolute atomic E-state index is 4.71. The van der Waals surface area contributed by atoms with Gasteiger partial charge in [-0.3, -0.25) is 0 Å². The predicted octanol–water partition coefficient (Wildman–Crippen LogP) is 5.60. The third-order valence-electron chi connectivity index (χ3n) is 6.94. The monoisotopic (exact) mass is 529 g/mol. The fourth-order valence-corrected chi connectivity index (χ4v) is 10.2. The van der Waals surface area contributed by atoms with E-state index in [2.05, 4.69) is 156 Å². The van der Waals surface area contributed by atoms with Crippen LogP contribution in [0.2, 0.25) is 0 Å². The Morgan fingerprint density at radius 1 is 0.658 bits per heavy atom. The summed E-state index contributed by atoms with van der Waals surface area (Å²) in [5.41, 5.74) is 2.87. The van der Waals surface area contributed by atoms with Crippen LogP contribution in [0.25, 0.3) is 0 Å². The highest BCUT2D eigenvalue weighted by atomic mass is 31.1. The zero-order valence-electron chi connectivity index (χ0n) is 21.2. The van der Waals surface area contributed by atoms with Gasteiger partial charge in [0.1, 0.15) is 0 Å². The minimum absolute atomic E-state index is 0.0392. The molecule has 1 aliphatic carbocycles. The molecule has 3 nitrogen and oxygen atoms in total. The van der Waals surface area contributed by atoms with E-state index < -0.39 is 15.8 Å². The molecule has 1 heterocycles. The van der Waals surface area contributed by atoms with Crippen LogP contribution in [0.15, 0.2) is 151 Å². The predicted molar refractivity (Wildman–Crippen MR) is 164 cm³/mol. The number of hydrogen-bond donors (Lipinski definition) is 0. The van der Waals surface area contributed by atoms with Crippen molar-refractivity contribution in [2.24, 2.45) is 0 Å². The Hall–Kier alpha value is -3.64. The van der Waals surface area contributed by atoms with Gasteiger partial charge in [0.25, 0.3) is 0 Å². The highest BCUT2D eigenvalue weighted by molar-refractivity contribution is 7.79. The zero-order valence-corrected chi connectivity index (χ0v) is 23.0. The van der Waals surface area contributed by atoms with Gasteiger partial charge in [0.2, 0.25) is 0 Å². The molecule has 1 unspecified atom stereocenters. The van der Waals surface area contributed by atoms with E-state index in [0.717, 1.165) is 5.44 Å². The van der Waals surface area contributed by atoms with Crippen molar-refractivity contribution in [3.05, 3.63) is 151 Å². The average molecular weight is 530 g/mol. The molecule has 4 aromatic carbocycles. The number of hydrogen-bond acceptors (Lipinski definition) is 2. The Bertz CT molecular complexity index is 1450. The van der Waals surface area contributed by atoms with E-state index in [1.807, 2.05) is 6.20 Å². The van der Waals surface area contributed by atoms with Gasteiger partial charge in [0.15, 0.2) is 0 Å². The van der Waals surface area contributed by atoms with Crippen LogP contribution >= 0.6 is 15.8 Å². The SMILES string of the molecule is C[C@H](C1=CC=CC1n1nncc1P(c1ccccc1)c1ccccc1)P(c1ccccc1)c1ccccc1. The van der Waals surface area contributed by atoms with Gasteiger partial charge < -0.3 is 0 Å². The Morgan fingerprint density at radius 3 is 1.63 bits per heavy atom. The molecule has 0 saturated heterocycles. The Labute approximate surface area is 227 Å². The lowest BCUT2D eigenvalue weighted by Gasteiger charge is -2.31. The van der Waals surface area contributed by atoms with Crippen LogP contribution in [0.4, 0.5) is 0 Å². The highest BCUT2D eigenvalue weighted by Gasteiger charge is 2.32. The molecule has 0 saturated carbocycles. The fourth-order valence-electron chi connectivity index (χ4n) is 5.18. The molecule has 5 aromatic rings. The molecule has 2 atom stereocenters. The van der Waals surface area contributed by atoms with Gasteiger partial charge in [0.05, 0.1) is 17.7 Å². The van der Waals surface area contributed by atoms with Gasteiger partial charge in [-0.1, -0.05) is 152 Å². The summed E-state index contributed by atoms with van der Waals surface area (Å²) in [7, 11) is -1.41. The second-order valence-corrected chi connectivity index (χ2v) is 14.0. The summed E-state index contributed by atoms with van der Waals surface area (Å²) in [6.45, 7) is 2.38. The standard InChI is InChI=1S/C33H29N3P2/c1-26(37(27-15-6-2-7-16-27)28-17-8-3-9-18-28)31-23-14-24-32(31)36-33(25-34-35-36)38(29-19-10-4-11-20-29)30-21-12-5-13-22-30/h2-26,32H,1H3/t26-,32?/m1/s1. The van der Waals surface area contributed by atoms with Crippen LogP contribution in [-0.2, 0) is 0 Å². The minimum atomic E-state index is -0.805. The van der Waals surface area contributed by atoms with Gasteiger partial charge in [-0.25, -0.2) is 4.68 Å². The zero-order chi connectivity index (χ0) is 25.7. The van der Waals surface area contributed by atoms with E-state index in [0.29, 0.717) is 5.66 Å². The Morgan fingerprint density at radius 2 is 1.13 bits per heavy atom. The number of rotatable bonds is 8. The molecule has 186 valence electrons. The number of nitrogens with zero attached hydrogens (tertiary/aromatic N) is 3. The third-order valence-corrected chi connectivity index (χ3v) is 12.1. The van der Waals surface area contributed by atoms with Crippen molar-refractivity contribution in [1.29, 1.82) is 0 Å². The van der Waals surface area contributed by atoms with Crippen molar-refractivity contribution in [3.8, 4) is 0 Å². The third kappa shape index (κ3) is 4.93. The first kappa shape index (κ1) is 24.7. The quantitative estimate of drug-likeness (QED) is 0.245. The van der Waals surface area contributed by atoms with Crippen molar-refractivity contribution in [2.45, 2.75) is 18.6 Å². The average Bonchev–Trinajstić information content (AvgIpc) is 3.66. The van der Waals surface area contributed by atoms with Gasteiger partial charge in [-0.15, -0.1) is 5.10 Å². The molecule has 0 N–H and O–H groups in total. The molecule has 0 spiro atoms. The lowest BCUT2D eigenvalue weighted by atomic mass is 10.1. The van der Waals surface area contributed by atoms with Crippen molar-refractivity contribution >= 4 is 42.5 Å². The summed E-state index contributed by atoms with van der Waals surface area (Å²) in [6.07, 6.45) is 8.74. The van der Waals surface area contributed by atoms with Crippen molar-refractivity contribution in [1.82, 2.24) is 15.0 Å². The summed E-state index contributed by atoms with van der Waals surface area (Å²) in [6, 6.07) is 43.5. The largest absolute Gasteiger partial charge is 0.233 e. The van der Waals surface area contributed by atoms with Crippen LogP contribution in [0.3, 0.4) is 0 Å². The lowest BCUT2D eigenvalue weighted by molar-refractivity contribution is 0.586. The summed E-state index contributed by atoms with van der Waals surface area (Å²) in [5, 5.41) is 14.6. The molecule has 1 aromatic heterocycles. The van der Waals surface area contributed by atoms with Crippen LogP contribution in [0.5, 0.6) is 0 Å². The minimum Gasteiger partial charge on any atom is -0.233 e. The topological polar surface area (TPSA) is 30.7 Å². The van der Waals surface area contributed by atoms with Crippen molar-refractivity contribution < 1.29 is 0 Å². The summed E-state index contributed by atoms with van der Waals surface area (Å²) in [4.78, 5) is 0. The second kappa shape index (κ2) is 11.4. The molecule has 38 heavy (non-hydrogen) atoms. The molecule has 0 amide bonds. The van der Waals surface area contributed by atoms with Crippen LogP contribution in [0.1, 0.15) is 13.0 Å². The molecule has 5 heteroatoms. The number of allylic oxidation sites excluding steroid dienone is 4. The van der Waals surface area contributed by atoms with E-state index in [9.17, 15) is 0 Å². The molecular weight excluding hydrogens is 500 g/mol. The van der Waals surface area contributed by atoms with Crippen LogP contribution in [-0.4, -0.2) is 20.7 Å². The van der Waals surface area contributed by atoms with Gasteiger partial charge in [0, 0.05) is 13.6 Å². The van der Waals surface area contributed by atoms with Gasteiger partial charge >= 0.3 is 0 Å². The summed E-state index contributed by atoms with van der Waals surface area (Å²) in [5.74, 6) is 0. The first-order valence-corrected chi connectivity index (χ1v) is 15.6. The fraction of sp³-hybridized carbons (Fsp3) is 0.0909. The van der Waals surface area contributed by atoms with E-state index in [1.54, 1.807) is 0 Å². The Balaban J connectivity index is 1.41. The molecule has 0 fully saturated rings. The van der Waals surface area contributed by atoms with E-state index in [-0.39, 0.29) is 6.04 Å². The smallest absolute Gasteiger partial charge is 0.0947 e. The molecular formula is C33H29N3P2. The maximum atomic E-state index is 4.71. The normalized spacial score (nSPS) is 15.7. The maximum Gasteiger partial charge on any atom is 0.0947 e. The van der Waals surface area contributed by atoms with E-state index in [4.69, 9.17) is 5.21 Å². The molecule has 1 aliphatic rings. The van der Waals surface area contributed by atoms with E-state index in [1.165, 1.54) is 26.8 Å². The summed E-state index contributed by atoms with van der Waals surface area (Å²) >= 11 is 0. The Kier molecular flexibility index (Phi) is 7.40. The van der Waals surface area contributed by atoms with Gasteiger partial charge in [-0.05, 0) is 34.7 Å².